The number of amides is 2. The average molecular weight is 370 g/mol. The van der Waals surface area contributed by atoms with E-state index in [4.69, 9.17) is 10.3 Å². The van der Waals surface area contributed by atoms with Gasteiger partial charge in [0.05, 0.1) is 5.69 Å². The van der Waals surface area contributed by atoms with Crippen LogP contribution in [-0.2, 0) is 22.6 Å². The van der Waals surface area contributed by atoms with Crippen LogP contribution in [-0.4, -0.2) is 52.4 Å². The maximum Gasteiger partial charge on any atom is 0.236 e. The molecule has 1 atom stereocenters. The molecule has 1 aromatic heterocycles. The van der Waals surface area contributed by atoms with Gasteiger partial charge in [0.15, 0.2) is 0 Å². The monoisotopic (exact) mass is 370 g/mol. The molecule has 7 nitrogen and oxygen atoms in total. The molecule has 2 aromatic rings. The number of nitrogens with zero attached hydrogens (tertiary/aromatic N) is 3. The van der Waals surface area contributed by atoms with Crippen molar-refractivity contribution in [1.29, 1.82) is 0 Å². The van der Waals surface area contributed by atoms with E-state index in [-0.39, 0.29) is 5.91 Å². The first-order chi connectivity index (χ1) is 13.0. The van der Waals surface area contributed by atoms with Gasteiger partial charge in [0.1, 0.15) is 11.8 Å². The first-order valence-electron chi connectivity index (χ1n) is 9.22. The zero-order chi connectivity index (χ0) is 19.4. The molecule has 144 valence electrons. The lowest BCUT2D eigenvalue weighted by molar-refractivity contribution is -0.137. The van der Waals surface area contributed by atoms with Crippen LogP contribution in [0.25, 0.3) is 0 Å². The first-order valence-corrected chi connectivity index (χ1v) is 9.22. The normalized spacial score (nSPS) is 17.9. The van der Waals surface area contributed by atoms with Gasteiger partial charge >= 0.3 is 0 Å². The highest BCUT2D eigenvalue weighted by Gasteiger charge is 2.32. The molecule has 0 radical (unpaired) electrons. The second-order valence-corrected chi connectivity index (χ2v) is 7.02. The summed E-state index contributed by atoms with van der Waals surface area (Å²) in [6.07, 6.45) is 0.957. The SMILES string of the molecule is Cc1noc(C)c1CCC(=O)N1CCN(Cc2ccccc2)C(C(N)=O)C1. The van der Waals surface area contributed by atoms with Crippen LogP contribution < -0.4 is 5.73 Å². The van der Waals surface area contributed by atoms with Gasteiger partial charge in [-0.15, -0.1) is 0 Å². The molecule has 2 heterocycles. The van der Waals surface area contributed by atoms with Gasteiger partial charge in [-0.3, -0.25) is 14.5 Å². The predicted octanol–water partition coefficient (Wildman–Crippen LogP) is 1.42. The van der Waals surface area contributed by atoms with Crippen LogP contribution in [0.4, 0.5) is 0 Å². The van der Waals surface area contributed by atoms with Crippen LogP contribution in [0.2, 0.25) is 0 Å². The molecule has 1 saturated heterocycles. The van der Waals surface area contributed by atoms with Gasteiger partial charge in [-0.2, -0.15) is 0 Å². The second kappa shape index (κ2) is 8.35. The Morgan fingerprint density at radius 2 is 1.96 bits per heavy atom. The molecule has 1 aliphatic heterocycles. The summed E-state index contributed by atoms with van der Waals surface area (Å²) in [7, 11) is 0. The summed E-state index contributed by atoms with van der Waals surface area (Å²) in [6, 6.07) is 9.50. The first kappa shape index (κ1) is 19.1. The van der Waals surface area contributed by atoms with Gasteiger partial charge in [0.25, 0.3) is 0 Å². The van der Waals surface area contributed by atoms with Crippen LogP contribution in [0.5, 0.6) is 0 Å². The third-order valence-electron chi connectivity index (χ3n) is 5.17. The Labute approximate surface area is 159 Å². The Kier molecular flexibility index (Phi) is 5.91. The molecule has 1 aliphatic rings. The summed E-state index contributed by atoms with van der Waals surface area (Å²) < 4.78 is 5.15. The highest BCUT2D eigenvalue weighted by atomic mass is 16.5. The molecule has 27 heavy (non-hydrogen) atoms. The van der Waals surface area contributed by atoms with Crippen molar-refractivity contribution < 1.29 is 14.1 Å². The summed E-state index contributed by atoms with van der Waals surface area (Å²) in [5.74, 6) is 0.387. The Bertz CT molecular complexity index is 783. The molecule has 1 unspecified atom stereocenters. The number of aryl methyl sites for hydroxylation is 2. The molecular weight excluding hydrogens is 344 g/mol. The summed E-state index contributed by atoms with van der Waals surface area (Å²) in [4.78, 5) is 28.4. The summed E-state index contributed by atoms with van der Waals surface area (Å²) >= 11 is 0. The van der Waals surface area contributed by atoms with Gasteiger partial charge in [0, 0.05) is 38.2 Å². The fourth-order valence-corrected chi connectivity index (χ4v) is 3.57. The Morgan fingerprint density at radius 3 is 2.59 bits per heavy atom. The lowest BCUT2D eigenvalue weighted by Gasteiger charge is -2.40. The largest absolute Gasteiger partial charge is 0.368 e. The number of piperazine rings is 1. The summed E-state index contributed by atoms with van der Waals surface area (Å²) in [6.45, 7) is 5.93. The number of hydrogen-bond acceptors (Lipinski definition) is 5. The molecular formula is C20H26N4O3. The van der Waals surface area contributed by atoms with Crippen molar-refractivity contribution in [2.75, 3.05) is 19.6 Å². The zero-order valence-electron chi connectivity index (χ0n) is 15.9. The van der Waals surface area contributed by atoms with Crippen molar-refractivity contribution >= 4 is 11.8 Å². The molecule has 1 fully saturated rings. The van der Waals surface area contributed by atoms with E-state index in [1.54, 1.807) is 4.90 Å². The molecule has 0 spiro atoms. The highest BCUT2D eigenvalue weighted by Crippen LogP contribution is 2.18. The van der Waals surface area contributed by atoms with Crippen molar-refractivity contribution in [3.8, 4) is 0 Å². The lowest BCUT2D eigenvalue weighted by Crippen LogP contribution is -2.58. The number of primary amides is 1. The minimum absolute atomic E-state index is 0.0283. The van der Waals surface area contributed by atoms with Crippen molar-refractivity contribution in [1.82, 2.24) is 15.0 Å². The number of benzene rings is 1. The molecule has 2 amide bonds. The van der Waals surface area contributed by atoms with Gasteiger partial charge < -0.3 is 15.2 Å². The van der Waals surface area contributed by atoms with Gasteiger partial charge in [-0.1, -0.05) is 35.5 Å². The van der Waals surface area contributed by atoms with Crippen LogP contribution in [0.15, 0.2) is 34.9 Å². The maximum atomic E-state index is 12.7. The molecule has 7 heteroatoms. The Hall–Kier alpha value is -2.67. The van der Waals surface area contributed by atoms with E-state index in [9.17, 15) is 9.59 Å². The highest BCUT2D eigenvalue weighted by molar-refractivity contribution is 5.82. The quantitative estimate of drug-likeness (QED) is 0.830. The number of rotatable bonds is 6. The predicted molar refractivity (Wildman–Crippen MR) is 101 cm³/mol. The van der Waals surface area contributed by atoms with E-state index in [0.29, 0.717) is 39.0 Å². The standard InChI is InChI=1S/C20H26N4O3/c1-14-17(15(2)27-22-14)8-9-19(25)24-11-10-23(18(13-24)20(21)26)12-16-6-4-3-5-7-16/h3-7,18H,8-13H2,1-2H3,(H2,21,26). The summed E-state index contributed by atoms with van der Waals surface area (Å²) in [5.41, 5.74) is 8.56. The van der Waals surface area contributed by atoms with Crippen molar-refractivity contribution in [3.63, 3.8) is 0 Å². The van der Waals surface area contributed by atoms with E-state index in [0.717, 1.165) is 22.6 Å². The molecule has 1 aromatic carbocycles. The minimum Gasteiger partial charge on any atom is -0.368 e. The number of carbonyl (C=O) groups excluding carboxylic acids is 2. The van der Waals surface area contributed by atoms with Crippen molar-refractivity contribution in [2.45, 2.75) is 39.3 Å². The van der Waals surface area contributed by atoms with Crippen LogP contribution in [0.3, 0.4) is 0 Å². The minimum atomic E-state index is -0.470. The Balaban J connectivity index is 1.60. The van der Waals surface area contributed by atoms with Crippen molar-refractivity contribution in [3.05, 3.63) is 52.9 Å². The second-order valence-electron chi connectivity index (χ2n) is 7.02. The third kappa shape index (κ3) is 4.54. The van der Waals surface area contributed by atoms with E-state index in [1.165, 1.54) is 0 Å². The average Bonchev–Trinajstić information content (AvgIpc) is 2.98. The topological polar surface area (TPSA) is 92.7 Å². The van der Waals surface area contributed by atoms with E-state index >= 15 is 0 Å². The molecule has 0 bridgehead atoms. The number of carbonyl (C=O) groups is 2. The molecule has 0 saturated carbocycles. The number of hydrogen-bond donors (Lipinski definition) is 1. The van der Waals surface area contributed by atoms with Gasteiger partial charge in [-0.05, 0) is 25.8 Å². The van der Waals surface area contributed by atoms with E-state index < -0.39 is 11.9 Å². The lowest BCUT2D eigenvalue weighted by atomic mass is 10.1. The van der Waals surface area contributed by atoms with Gasteiger partial charge in [0.2, 0.25) is 11.8 Å². The maximum absolute atomic E-state index is 12.7. The van der Waals surface area contributed by atoms with Gasteiger partial charge in [-0.25, -0.2) is 0 Å². The summed E-state index contributed by atoms with van der Waals surface area (Å²) in [5, 5.41) is 3.92. The van der Waals surface area contributed by atoms with E-state index in [2.05, 4.69) is 10.1 Å². The fraction of sp³-hybridized carbons (Fsp3) is 0.450. The molecule has 2 N–H and O–H groups in total. The van der Waals surface area contributed by atoms with Crippen LogP contribution >= 0.6 is 0 Å². The van der Waals surface area contributed by atoms with Crippen LogP contribution in [0, 0.1) is 13.8 Å². The number of nitrogens with two attached hydrogens (primary N) is 1. The zero-order valence-corrected chi connectivity index (χ0v) is 15.9. The smallest absolute Gasteiger partial charge is 0.236 e. The number of aromatic nitrogens is 1. The van der Waals surface area contributed by atoms with E-state index in [1.807, 2.05) is 44.2 Å². The Morgan fingerprint density at radius 1 is 1.22 bits per heavy atom. The van der Waals surface area contributed by atoms with Crippen molar-refractivity contribution in [2.24, 2.45) is 5.73 Å². The third-order valence-corrected chi connectivity index (χ3v) is 5.17. The fourth-order valence-electron chi connectivity index (χ4n) is 3.57. The van der Waals surface area contributed by atoms with Crippen LogP contribution in [0.1, 0.15) is 29.0 Å². The molecule has 3 rings (SSSR count). The molecule has 0 aliphatic carbocycles.